The number of nitrogens with zero attached hydrogens (tertiary/aromatic N) is 3. The number of nitrogens with one attached hydrogen (secondary N) is 2. The lowest BCUT2D eigenvalue weighted by Gasteiger charge is -2.35. The van der Waals surface area contributed by atoms with Crippen LogP contribution in [0.15, 0.2) is 89.7 Å². The number of para-hydroxylation sites is 1. The van der Waals surface area contributed by atoms with Gasteiger partial charge in [-0.2, -0.15) is 0 Å². The number of piperazine rings is 1. The molecule has 3 aromatic carbocycles. The van der Waals surface area contributed by atoms with E-state index < -0.39 is 5.97 Å². The molecule has 7 nitrogen and oxygen atoms in total. The summed E-state index contributed by atoms with van der Waals surface area (Å²) in [5.74, 6) is 0.272. The number of rotatable bonds is 3. The number of hydrogen-bond acceptors (Lipinski definition) is 5. The molecule has 2 heterocycles. The van der Waals surface area contributed by atoms with Gasteiger partial charge in [-0.05, 0) is 35.0 Å². The number of benzene rings is 3. The molecule has 0 atom stereocenters. The molecule has 0 unspecified atom stereocenters. The predicted octanol–water partition coefficient (Wildman–Crippen LogP) is 3.65. The van der Waals surface area contributed by atoms with Gasteiger partial charge in [0.25, 0.3) is 0 Å². The highest BCUT2D eigenvalue weighted by molar-refractivity contribution is 6.12. The van der Waals surface area contributed by atoms with Crippen LogP contribution < -0.4 is 5.32 Å². The number of hydrogen-bond donors (Lipinski definition) is 2. The van der Waals surface area contributed by atoms with Crippen molar-refractivity contribution in [2.45, 2.75) is 0 Å². The summed E-state index contributed by atoms with van der Waals surface area (Å²) in [7, 11) is 0. The molecule has 0 amide bonds. The Labute approximate surface area is 186 Å². The van der Waals surface area contributed by atoms with Crippen molar-refractivity contribution >= 4 is 34.3 Å². The number of esters is 1. The molecule has 0 saturated carbocycles. The molecular weight excluding hydrogens is 402 g/mol. The Balaban J connectivity index is 1.23. The number of cyclic esters (lactones) is 1. The lowest BCUT2D eigenvalue weighted by atomic mass is 10.1. The molecular formula is C25H23N5O2. The van der Waals surface area contributed by atoms with E-state index in [1.807, 2.05) is 77.7 Å². The molecule has 0 bridgehead atoms. The van der Waals surface area contributed by atoms with Crippen molar-refractivity contribution in [3.8, 4) is 0 Å². The van der Waals surface area contributed by atoms with Gasteiger partial charge in [0.05, 0.1) is 0 Å². The first-order valence-electron chi connectivity index (χ1n) is 10.6. The van der Waals surface area contributed by atoms with E-state index in [1.54, 1.807) is 6.20 Å². The van der Waals surface area contributed by atoms with Crippen LogP contribution in [-0.2, 0) is 9.53 Å². The first-order valence-corrected chi connectivity index (χ1v) is 10.6. The topological polar surface area (TPSA) is 81.0 Å². The van der Waals surface area contributed by atoms with Gasteiger partial charge in [0.2, 0.25) is 5.90 Å². The molecule has 7 heteroatoms. The van der Waals surface area contributed by atoms with E-state index in [1.165, 1.54) is 0 Å². The summed E-state index contributed by atoms with van der Waals surface area (Å²) in [4.78, 5) is 20.9. The maximum Gasteiger partial charge on any atom is 0.365 e. The van der Waals surface area contributed by atoms with Crippen molar-refractivity contribution in [3.63, 3.8) is 0 Å². The van der Waals surface area contributed by atoms with E-state index in [2.05, 4.69) is 15.2 Å². The summed E-state index contributed by atoms with van der Waals surface area (Å²) < 4.78 is 5.44. The summed E-state index contributed by atoms with van der Waals surface area (Å²) in [6, 6.07) is 23.6. The number of anilines is 1. The Bertz CT molecular complexity index is 1230. The SMILES string of the molecule is N=C(Nc1ccccc1)N1CCN(C=C2N=C(c3ccc4ccccc4c3)OC2=O)CC1. The van der Waals surface area contributed by atoms with Gasteiger partial charge in [0.1, 0.15) is 0 Å². The Morgan fingerprint density at radius 3 is 2.44 bits per heavy atom. The van der Waals surface area contributed by atoms with Gasteiger partial charge in [-0.1, -0.05) is 48.5 Å². The van der Waals surface area contributed by atoms with E-state index in [-0.39, 0.29) is 0 Å². The number of fused-ring (bicyclic) bond motifs is 1. The zero-order valence-electron chi connectivity index (χ0n) is 17.5. The molecule has 2 aliphatic heterocycles. The minimum atomic E-state index is -0.436. The van der Waals surface area contributed by atoms with E-state index in [4.69, 9.17) is 10.1 Å². The number of ether oxygens (including phenoxy) is 1. The summed E-state index contributed by atoms with van der Waals surface area (Å²) in [5, 5.41) is 13.6. The summed E-state index contributed by atoms with van der Waals surface area (Å²) in [6.45, 7) is 2.74. The van der Waals surface area contributed by atoms with E-state index in [0.717, 1.165) is 22.0 Å². The van der Waals surface area contributed by atoms with Crippen LogP contribution in [0.1, 0.15) is 5.56 Å². The van der Waals surface area contributed by atoms with Crippen LogP contribution in [0.5, 0.6) is 0 Å². The van der Waals surface area contributed by atoms with E-state index in [9.17, 15) is 4.79 Å². The summed E-state index contributed by atoms with van der Waals surface area (Å²) >= 11 is 0. The van der Waals surface area contributed by atoms with Crippen LogP contribution in [0.4, 0.5) is 5.69 Å². The molecule has 2 aliphatic rings. The maximum absolute atomic E-state index is 12.4. The lowest BCUT2D eigenvalue weighted by Crippen LogP contribution is -2.48. The Kier molecular flexibility index (Phi) is 5.29. The fourth-order valence-electron chi connectivity index (χ4n) is 3.83. The monoisotopic (exact) mass is 425 g/mol. The van der Waals surface area contributed by atoms with Crippen LogP contribution in [-0.4, -0.2) is 53.8 Å². The van der Waals surface area contributed by atoms with Crippen LogP contribution in [0, 0.1) is 5.41 Å². The summed E-state index contributed by atoms with van der Waals surface area (Å²) in [6.07, 6.45) is 1.77. The third kappa shape index (κ3) is 4.18. The lowest BCUT2D eigenvalue weighted by molar-refractivity contribution is -0.130. The van der Waals surface area contributed by atoms with Crippen LogP contribution in [0.25, 0.3) is 10.8 Å². The second-order valence-electron chi connectivity index (χ2n) is 7.75. The second kappa shape index (κ2) is 8.55. The van der Waals surface area contributed by atoms with Crippen molar-refractivity contribution < 1.29 is 9.53 Å². The minimum Gasteiger partial charge on any atom is -0.402 e. The molecule has 0 aliphatic carbocycles. The Hall–Kier alpha value is -4.13. The summed E-state index contributed by atoms with van der Waals surface area (Å²) in [5.41, 5.74) is 1.98. The molecule has 5 rings (SSSR count). The van der Waals surface area contributed by atoms with Gasteiger partial charge in [-0.25, -0.2) is 9.79 Å². The molecule has 32 heavy (non-hydrogen) atoms. The highest BCUT2D eigenvalue weighted by Crippen LogP contribution is 2.21. The van der Waals surface area contributed by atoms with Gasteiger partial charge in [0.15, 0.2) is 11.7 Å². The van der Waals surface area contributed by atoms with Gasteiger partial charge >= 0.3 is 5.97 Å². The maximum atomic E-state index is 12.4. The van der Waals surface area contributed by atoms with Crippen molar-refractivity contribution in [2.24, 2.45) is 4.99 Å². The standard InChI is InChI=1S/C25H23N5O2/c26-25(27-21-8-2-1-3-9-21)30-14-12-29(13-15-30)17-22-24(31)32-23(28-22)20-11-10-18-6-4-5-7-19(18)16-20/h1-11,16-17H,12-15H2,(H2,26,27). The predicted molar refractivity (Wildman–Crippen MR) is 126 cm³/mol. The average Bonchev–Trinajstić information content (AvgIpc) is 3.20. The van der Waals surface area contributed by atoms with Crippen molar-refractivity contribution in [2.75, 3.05) is 31.5 Å². The van der Waals surface area contributed by atoms with Gasteiger partial charge in [0, 0.05) is 43.6 Å². The molecule has 0 spiro atoms. The minimum absolute atomic E-state index is 0.305. The second-order valence-corrected chi connectivity index (χ2v) is 7.75. The average molecular weight is 425 g/mol. The number of guanidine groups is 1. The smallest absolute Gasteiger partial charge is 0.365 e. The molecule has 0 radical (unpaired) electrons. The normalized spacial score (nSPS) is 17.4. The quantitative estimate of drug-likeness (QED) is 0.290. The first kappa shape index (κ1) is 19.8. The van der Waals surface area contributed by atoms with Crippen LogP contribution >= 0.6 is 0 Å². The third-order valence-electron chi connectivity index (χ3n) is 5.59. The Morgan fingerprint density at radius 2 is 1.66 bits per heavy atom. The van der Waals surface area contributed by atoms with E-state index >= 15 is 0 Å². The highest BCUT2D eigenvalue weighted by atomic mass is 16.6. The van der Waals surface area contributed by atoms with Gasteiger partial charge < -0.3 is 19.9 Å². The van der Waals surface area contributed by atoms with Crippen molar-refractivity contribution in [1.82, 2.24) is 9.80 Å². The number of carbonyl (C=O) groups excluding carboxylic acids is 1. The van der Waals surface area contributed by atoms with Crippen LogP contribution in [0.3, 0.4) is 0 Å². The highest BCUT2D eigenvalue weighted by Gasteiger charge is 2.26. The largest absolute Gasteiger partial charge is 0.402 e. The molecule has 3 aromatic rings. The van der Waals surface area contributed by atoms with Crippen LogP contribution in [0.2, 0.25) is 0 Å². The fraction of sp³-hybridized carbons (Fsp3) is 0.160. The van der Waals surface area contributed by atoms with Crippen molar-refractivity contribution in [1.29, 1.82) is 5.41 Å². The number of carbonyl (C=O) groups is 1. The zero-order valence-corrected chi connectivity index (χ0v) is 17.5. The fourth-order valence-corrected chi connectivity index (χ4v) is 3.83. The molecule has 0 aromatic heterocycles. The number of aliphatic imine (C=N–C) groups is 1. The molecule has 2 N–H and O–H groups in total. The third-order valence-corrected chi connectivity index (χ3v) is 5.59. The molecule has 1 fully saturated rings. The van der Waals surface area contributed by atoms with Crippen molar-refractivity contribution in [3.05, 3.63) is 90.3 Å². The molecule has 1 saturated heterocycles. The van der Waals surface area contributed by atoms with Gasteiger partial charge in [-0.15, -0.1) is 0 Å². The van der Waals surface area contributed by atoms with Gasteiger partial charge in [-0.3, -0.25) is 5.41 Å². The Morgan fingerprint density at radius 1 is 0.938 bits per heavy atom. The van der Waals surface area contributed by atoms with E-state index in [0.29, 0.717) is 43.7 Å². The zero-order chi connectivity index (χ0) is 21.9. The molecule has 160 valence electrons. The first-order chi connectivity index (χ1) is 15.7.